The number of aryl methyl sites for hydroxylation is 1. The second kappa shape index (κ2) is 6.50. The molecule has 0 saturated carbocycles. The highest BCUT2D eigenvalue weighted by Gasteiger charge is 2.25. The fraction of sp³-hybridized carbons (Fsp3) is 0.300. The molecule has 27 heavy (non-hydrogen) atoms. The summed E-state index contributed by atoms with van der Waals surface area (Å²) >= 11 is 0. The maximum Gasteiger partial charge on any atom is 0.257 e. The van der Waals surface area contributed by atoms with E-state index in [9.17, 15) is 9.59 Å². The van der Waals surface area contributed by atoms with E-state index in [2.05, 4.69) is 22.2 Å². The third-order valence-corrected chi connectivity index (χ3v) is 5.09. The lowest BCUT2D eigenvalue weighted by molar-refractivity contribution is 0.0734. The standard InChI is InChI=1S/C20H21N5O2/c1-13-10-18(26)23(3)20(22-13)25-14(2)17(11-21-25)19(27)24-9-8-15-6-4-5-7-16(15)12-24/h4-7,10-11H,8-9,12H2,1-3H3. The van der Waals surface area contributed by atoms with Crippen molar-refractivity contribution < 1.29 is 4.79 Å². The van der Waals surface area contributed by atoms with E-state index in [1.807, 2.05) is 24.0 Å². The Morgan fingerprint density at radius 3 is 2.67 bits per heavy atom. The minimum Gasteiger partial charge on any atom is -0.334 e. The Kier molecular flexibility index (Phi) is 4.14. The Bertz CT molecular complexity index is 1100. The number of amides is 1. The van der Waals surface area contributed by atoms with Crippen LogP contribution in [-0.4, -0.2) is 36.7 Å². The fourth-order valence-electron chi connectivity index (χ4n) is 3.49. The van der Waals surface area contributed by atoms with Crippen LogP contribution in [0.25, 0.3) is 5.95 Å². The van der Waals surface area contributed by atoms with Gasteiger partial charge >= 0.3 is 0 Å². The topological polar surface area (TPSA) is 73.0 Å². The highest BCUT2D eigenvalue weighted by molar-refractivity contribution is 5.95. The molecule has 1 aliphatic heterocycles. The van der Waals surface area contributed by atoms with Crippen LogP contribution in [0.5, 0.6) is 0 Å². The van der Waals surface area contributed by atoms with Crippen molar-refractivity contribution in [3.05, 3.63) is 75.0 Å². The molecule has 0 saturated heterocycles. The van der Waals surface area contributed by atoms with E-state index in [0.717, 1.165) is 6.42 Å². The summed E-state index contributed by atoms with van der Waals surface area (Å²) in [6.07, 6.45) is 2.41. The smallest absolute Gasteiger partial charge is 0.257 e. The second-order valence-electron chi connectivity index (χ2n) is 6.90. The van der Waals surface area contributed by atoms with Gasteiger partial charge in [-0.25, -0.2) is 9.67 Å². The van der Waals surface area contributed by atoms with E-state index in [4.69, 9.17) is 0 Å². The zero-order valence-electron chi connectivity index (χ0n) is 15.6. The van der Waals surface area contributed by atoms with E-state index in [1.165, 1.54) is 21.8 Å². The van der Waals surface area contributed by atoms with Crippen LogP contribution in [0.2, 0.25) is 0 Å². The van der Waals surface area contributed by atoms with Gasteiger partial charge in [0, 0.05) is 31.9 Å². The molecule has 1 amide bonds. The largest absolute Gasteiger partial charge is 0.334 e. The van der Waals surface area contributed by atoms with Gasteiger partial charge < -0.3 is 4.90 Å². The van der Waals surface area contributed by atoms with Gasteiger partial charge in [-0.1, -0.05) is 24.3 Å². The van der Waals surface area contributed by atoms with Crippen LogP contribution in [-0.2, 0) is 20.0 Å². The normalized spacial score (nSPS) is 13.5. The molecule has 7 heteroatoms. The van der Waals surface area contributed by atoms with Crippen LogP contribution in [0.1, 0.15) is 32.9 Å². The van der Waals surface area contributed by atoms with Gasteiger partial charge in [-0.3, -0.25) is 14.2 Å². The van der Waals surface area contributed by atoms with E-state index in [-0.39, 0.29) is 11.5 Å². The first-order valence-electron chi connectivity index (χ1n) is 8.91. The molecule has 2 aromatic heterocycles. The lowest BCUT2D eigenvalue weighted by atomic mass is 9.99. The highest BCUT2D eigenvalue weighted by Crippen LogP contribution is 2.22. The van der Waals surface area contributed by atoms with Gasteiger partial charge in [-0.15, -0.1) is 0 Å². The van der Waals surface area contributed by atoms with Crippen molar-refractivity contribution >= 4 is 5.91 Å². The van der Waals surface area contributed by atoms with Crippen molar-refractivity contribution in [3.63, 3.8) is 0 Å². The van der Waals surface area contributed by atoms with Crippen molar-refractivity contribution in [2.75, 3.05) is 6.54 Å². The number of aromatic nitrogens is 4. The van der Waals surface area contributed by atoms with E-state index in [1.54, 1.807) is 24.9 Å². The summed E-state index contributed by atoms with van der Waals surface area (Å²) in [6.45, 7) is 4.87. The monoisotopic (exact) mass is 363 g/mol. The van der Waals surface area contributed by atoms with Gasteiger partial charge in [0.25, 0.3) is 11.5 Å². The molecule has 4 rings (SSSR count). The van der Waals surface area contributed by atoms with E-state index in [0.29, 0.717) is 36.0 Å². The lowest BCUT2D eigenvalue weighted by Gasteiger charge is -2.28. The van der Waals surface area contributed by atoms with E-state index >= 15 is 0 Å². The van der Waals surface area contributed by atoms with Crippen molar-refractivity contribution in [2.24, 2.45) is 7.05 Å². The Hall–Kier alpha value is -3.22. The molecule has 0 spiro atoms. The van der Waals surface area contributed by atoms with Crippen LogP contribution in [0.4, 0.5) is 0 Å². The van der Waals surface area contributed by atoms with Gasteiger partial charge in [0.15, 0.2) is 0 Å². The lowest BCUT2D eigenvalue weighted by Crippen LogP contribution is -2.36. The summed E-state index contributed by atoms with van der Waals surface area (Å²) in [5, 5.41) is 4.34. The molecule has 0 atom stereocenters. The summed E-state index contributed by atoms with van der Waals surface area (Å²) in [5.41, 5.74) is 4.14. The molecule has 0 N–H and O–H groups in total. The summed E-state index contributed by atoms with van der Waals surface area (Å²) in [5.74, 6) is 0.353. The Morgan fingerprint density at radius 2 is 1.89 bits per heavy atom. The predicted octanol–water partition coefficient (Wildman–Crippen LogP) is 1.78. The maximum absolute atomic E-state index is 13.1. The first-order valence-corrected chi connectivity index (χ1v) is 8.91. The molecular formula is C20H21N5O2. The SMILES string of the molecule is Cc1cc(=O)n(C)c(-n2ncc(C(=O)N3CCc4ccccc4C3)c2C)n1. The Morgan fingerprint density at radius 1 is 1.15 bits per heavy atom. The summed E-state index contributed by atoms with van der Waals surface area (Å²) in [6, 6.07) is 9.69. The number of carbonyl (C=O) groups excluding carboxylic acids is 1. The van der Waals surface area contributed by atoms with Crippen LogP contribution < -0.4 is 5.56 Å². The molecule has 7 nitrogen and oxygen atoms in total. The number of fused-ring (bicyclic) bond motifs is 1. The van der Waals surface area contributed by atoms with Crippen molar-refractivity contribution in [1.29, 1.82) is 0 Å². The van der Waals surface area contributed by atoms with Gasteiger partial charge in [-0.05, 0) is 31.4 Å². The molecule has 0 unspecified atom stereocenters. The van der Waals surface area contributed by atoms with Crippen molar-refractivity contribution in [1.82, 2.24) is 24.2 Å². The minimum absolute atomic E-state index is 0.0501. The van der Waals surface area contributed by atoms with Crippen molar-refractivity contribution in [2.45, 2.75) is 26.8 Å². The molecule has 0 bridgehead atoms. The number of hydrogen-bond acceptors (Lipinski definition) is 4. The molecule has 0 radical (unpaired) electrons. The molecular weight excluding hydrogens is 342 g/mol. The van der Waals surface area contributed by atoms with Crippen LogP contribution in [0.15, 0.2) is 41.3 Å². The number of carbonyl (C=O) groups is 1. The molecule has 138 valence electrons. The first-order chi connectivity index (χ1) is 13.0. The molecule has 1 aromatic carbocycles. The molecule has 3 aromatic rings. The van der Waals surface area contributed by atoms with Gasteiger partial charge in [0.2, 0.25) is 5.95 Å². The zero-order chi connectivity index (χ0) is 19.1. The molecule has 0 fully saturated rings. The van der Waals surface area contributed by atoms with E-state index < -0.39 is 0 Å². The number of rotatable bonds is 2. The van der Waals surface area contributed by atoms with Gasteiger partial charge in [0.05, 0.1) is 17.5 Å². The summed E-state index contributed by atoms with van der Waals surface area (Å²) in [4.78, 5) is 31.4. The molecule has 3 heterocycles. The summed E-state index contributed by atoms with van der Waals surface area (Å²) in [7, 11) is 1.65. The van der Waals surface area contributed by atoms with Crippen molar-refractivity contribution in [3.8, 4) is 5.95 Å². The molecule has 1 aliphatic rings. The third kappa shape index (κ3) is 2.95. The van der Waals surface area contributed by atoms with Gasteiger partial charge in [0.1, 0.15) is 0 Å². The quantitative estimate of drug-likeness (QED) is 0.696. The second-order valence-corrected chi connectivity index (χ2v) is 6.90. The third-order valence-electron chi connectivity index (χ3n) is 5.09. The molecule has 0 aliphatic carbocycles. The van der Waals surface area contributed by atoms with Crippen LogP contribution in [0.3, 0.4) is 0 Å². The Balaban J connectivity index is 1.67. The summed E-state index contributed by atoms with van der Waals surface area (Å²) < 4.78 is 2.98. The Labute approximate surface area is 156 Å². The maximum atomic E-state index is 13.1. The fourth-order valence-corrected chi connectivity index (χ4v) is 3.49. The average molecular weight is 363 g/mol. The first kappa shape index (κ1) is 17.2. The zero-order valence-corrected chi connectivity index (χ0v) is 15.6. The average Bonchev–Trinajstić information content (AvgIpc) is 3.05. The number of hydrogen-bond donors (Lipinski definition) is 0. The predicted molar refractivity (Wildman–Crippen MR) is 101 cm³/mol. The minimum atomic E-state index is -0.159. The number of benzene rings is 1. The number of nitrogens with zero attached hydrogens (tertiary/aromatic N) is 5. The van der Waals surface area contributed by atoms with Crippen LogP contribution in [0, 0.1) is 13.8 Å². The highest BCUT2D eigenvalue weighted by atomic mass is 16.2. The van der Waals surface area contributed by atoms with Gasteiger partial charge in [-0.2, -0.15) is 5.10 Å². The van der Waals surface area contributed by atoms with Crippen LogP contribution >= 0.6 is 0 Å².